The molecule has 0 aromatic heterocycles. The number of hydrogen-bond acceptors (Lipinski definition) is 4. The maximum absolute atomic E-state index is 11.8. The van der Waals surface area contributed by atoms with Crippen LogP contribution in [0.2, 0.25) is 0 Å². The lowest BCUT2D eigenvalue weighted by molar-refractivity contribution is -0.144. The van der Waals surface area contributed by atoms with Gasteiger partial charge in [0.15, 0.2) is 0 Å². The van der Waals surface area contributed by atoms with Gasteiger partial charge in [0.25, 0.3) is 0 Å². The number of amides is 1. The molecule has 1 N–H and O–H groups in total. The van der Waals surface area contributed by atoms with Crippen LogP contribution >= 0.6 is 0 Å². The van der Waals surface area contributed by atoms with Crippen LogP contribution in [0, 0.1) is 6.92 Å². The van der Waals surface area contributed by atoms with Gasteiger partial charge in [-0.2, -0.15) is 0 Å². The molecule has 0 saturated heterocycles. The molecule has 5 heteroatoms. The van der Waals surface area contributed by atoms with Crippen LogP contribution in [-0.4, -0.2) is 43.5 Å². The van der Waals surface area contributed by atoms with Crippen LogP contribution in [0.15, 0.2) is 24.3 Å². The standard InChI is InChI=1S/C14H20N2O3/c1-4-19-14(18)10-16(3)9-13(17)15-12-7-5-6-11(2)8-12/h5-8H,4,9-10H2,1-3H3,(H,15,17). The van der Waals surface area contributed by atoms with Gasteiger partial charge in [-0.25, -0.2) is 0 Å². The molecule has 104 valence electrons. The number of benzene rings is 1. The molecule has 1 amide bonds. The minimum atomic E-state index is -0.326. The second kappa shape index (κ2) is 7.53. The van der Waals surface area contributed by atoms with Crippen molar-refractivity contribution in [2.24, 2.45) is 0 Å². The fraction of sp³-hybridized carbons (Fsp3) is 0.429. The van der Waals surface area contributed by atoms with Gasteiger partial charge in [-0.15, -0.1) is 0 Å². The number of carbonyl (C=O) groups is 2. The van der Waals surface area contributed by atoms with E-state index < -0.39 is 0 Å². The molecule has 0 aliphatic heterocycles. The van der Waals surface area contributed by atoms with Gasteiger partial charge >= 0.3 is 5.97 Å². The molecule has 19 heavy (non-hydrogen) atoms. The Hall–Kier alpha value is -1.88. The minimum Gasteiger partial charge on any atom is -0.465 e. The maximum Gasteiger partial charge on any atom is 0.320 e. The van der Waals surface area contributed by atoms with Gasteiger partial charge in [-0.3, -0.25) is 14.5 Å². The van der Waals surface area contributed by atoms with E-state index in [9.17, 15) is 9.59 Å². The molecule has 0 aliphatic rings. The van der Waals surface area contributed by atoms with Crippen LogP contribution < -0.4 is 5.32 Å². The van der Waals surface area contributed by atoms with Crippen molar-refractivity contribution < 1.29 is 14.3 Å². The molecule has 1 aromatic rings. The Bertz CT molecular complexity index is 446. The molecule has 0 saturated carbocycles. The molecule has 1 rings (SSSR count). The van der Waals surface area contributed by atoms with Crippen molar-refractivity contribution in [2.45, 2.75) is 13.8 Å². The molecule has 1 aromatic carbocycles. The van der Waals surface area contributed by atoms with Crippen molar-refractivity contribution >= 4 is 17.6 Å². The highest BCUT2D eigenvalue weighted by Gasteiger charge is 2.11. The summed E-state index contributed by atoms with van der Waals surface area (Å²) in [5.74, 6) is -0.481. The quantitative estimate of drug-likeness (QED) is 0.790. The van der Waals surface area contributed by atoms with E-state index in [1.165, 1.54) is 0 Å². The van der Waals surface area contributed by atoms with Gasteiger partial charge in [-0.05, 0) is 38.6 Å². The zero-order valence-electron chi connectivity index (χ0n) is 11.6. The van der Waals surface area contributed by atoms with Crippen molar-refractivity contribution in [3.63, 3.8) is 0 Å². The first-order chi connectivity index (χ1) is 9.01. The van der Waals surface area contributed by atoms with E-state index in [0.29, 0.717) is 6.61 Å². The third-order valence-corrected chi connectivity index (χ3v) is 2.42. The number of likely N-dealkylation sites (N-methyl/N-ethyl adjacent to an activating group) is 1. The Morgan fingerprint density at radius 3 is 2.68 bits per heavy atom. The molecule has 0 atom stereocenters. The molecular formula is C14H20N2O3. The zero-order valence-corrected chi connectivity index (χ0v) is 11.6. The molecule has 0 unspecified atom stereocenters. The Kier molecular flexibility index (Phi) is 6.02. The Labute approximate surface area is 113 Å². The Balaban J connectivity index is 2.40. The van der Waals surface area contributed by atoms with E-state index in [0.717, 1.165) is 11.3 Å². The minimum absolute atomic E-state index is 0.106. The third-order valence-electron chi connectivity index (χ3n) is 2.42. The number of aryl methyl sites for hydroxylation is 1. The first-order valence-electron chi connectivity index (χ1n) is 6.22. The highest BCUT2D eigenvalue weighted by Crippen LogP contribution is 2.09. The molecule has 0 fully saturated rings. The number of ether oxygens (including phenoxy) is 1. The first-order valence-corrected chi connectivity index (χ1v) is 6.22. The summed E-state index contributed by atoms with van der Waals surface area (Å²) in [6, 6.07) is 7.56. The topological polar surface area (TPSA) is 58.6 Å². The number of anilines is 1. The fourth-order valence-corrected chi connectivity index (χ4v) is 1.65. The van der Waals surface area contributed by atoms with Gasteiger partial charge in [0.05, 0.1) is 19.7 Å². The number of nitrogens with one attached hydrogen (secondary N) is 1. The predicted octanol–water partition coefficient (Wildman–Crippen LogP) is 1.43. The highest BCUT2D eigenvalue weighted by molar-refractivity contribution is 5.92. The van der Waals surface area contributed by atoms with E-state index in [4.69, 9.17) is 4.74 Å². The molecule has 0 aliphatic carbocycles. The lowest BCUT2D eigenvalue weighted by atomic mass is 10.2. The summed E-state index contributed by atoms with van der Waals surface area (Å²) in [7, 11) is 1.70. The first kappa shape index (κ1) is 15.2. The second-order valence-corrected chi connectivity index (χ2v) is 4.39. The normalized spacial score (nSPS) is 10.3. The van der Waals surface area contributed by atoms with Crippen LogP contribution in [0.25, 0.3) is 0 Å². The second-order valence-electron chi connectivity index (χ2n) is 4.39. The monoisotopic (exact) mass is 264 g/mol. The van der Waals surface area contributed by atoms with Gasteiger partial charge in [-0.1, -0.05) is 12.1 Å². The summed E-state index contributed by atoms with van der Waals surface area (Å²) in [6.45, 7) is 4.31. The van der Waals surface area contributed by atoms with Crippen molar-refractivity contribution in [1.82, 2.24) is 4.90 Å². The van der Waals surface area contributed by atoms with E-state index in [2.05, 4.69) is 5.32 Å². The van der Waals surface area contributed by atoms with Crippen molar-refractivity contribution in [3.8, 4) is 0 Å². The zero-order chi connectivity index (χ0) is 14.3. The number of carbonyl (C=O) groups excluding carboxylic acids is 2. The largest absolute Gasteiger partial charge is 0.465 e. The number of hydrogen-bond donors (Lipinski definition) is 1. The average molecular weight is 264 g/mol. The number of esters is 1. The summed E-state index contributed by atoms with van der Waals surface area (Å²) in [5, 5.41) is 2.79. The molecular weight excluding hydrogens is 244 g/mol. The van der Waals surface area contributed by atoms with Crippen LogP contribution in [0.5, 0.6) is 0 Å². The summed E-state index contributed by atoms with van der Waals surface area (Å²) in [5.41, 5.74) is 1.84. The van der Waals surface area contributed by atoms with Gasteiger partial charge < -0.3 is 10.1 Å². The van der Waals surface area contributed by atoms with E-state index in [1.54, 1.807) is 18.9 Å². The van der Waals surface area contributed by atoms with Crippen molar-refractivity contribution in [3.05, 3.63) is 29.8 Å². The van der Waals surface area contributed by atoms with Gasteiger partial charge in [0, 0.05) is 5.69 Å². The third kappa shape index (κ3) is 6.01. The lowest BCUT2D eigenvalue weighted by Gasteiger charge is -2.15. The number of rotatable bonds is 6. The van der Waals surface area contributed by atoms with Crippen LogP contribution in [0.1, 0.15) is 12.5 Å². The smallest absolute Gasteiger partial charge is 0.320 e. The molecule has 5 nitrogen and oxygen atoms in total. The molecule has 0 radical (unpaired) electrons. The van der Waals surface area contributed by atoms with E-state index in [1.807, 2.05) is 31.2 Å². The lowest BCUT2D eigenvalue weighted by Crippen LogP contribution is -2.34. The molecule has 0 heterocycles. The number of nitrogens with zero attached hydrogens (tertiary/aromatic N) is 1. The van der Waals surface area contributed by atoms with Crippen molar-refractivity contribution in [1.29, 1.82) is 0 Å². The SMILES string of the molecule is CCOC(=O)CN(C)CC(=O)Nc1cccc(C)c1. The maximum atomic E-state index is 11.8. The fourth-order valence-electron chi connectivity index (χ4n) is 1.65. The highest BCUT2D eigenvalue weighted by atomic mass is 16.5. The summed E-state index contributed by atoms with van der Waals surface area (Å²) >= 11 is 0. The average Bonchev–Trinajstić information content (AvgIpc) is 2.28. The van der Waals surface area contributed by atoms with Crippen molar-refractivity contribution in [2.75, 3.05) is 32.1 Å². The Morgan fingerprint density at radius 2 is 2.05 bits per heavy atom. The summed E-state index contributed by atoms with van der Waals surface area (Å²) < 4.78 is 4.82. The Morgan fingerprint density at radius 1 is 1.32 bits per heavy atom. The van der Waals surface area contributed by atoms with Gasteiger partial charge in [0.1, 0.15) is 0 Å². The molecule has 0 spiro atoms. The molecule has 0 bridgehead atoms. The summed E-state index contributed by atoms with van der Waals surface area (Å²) in [6.07, 6.45) is 0. The van der Waals surface area contributed by atoms with Crippen LogP contribution in [0.4, 0.5) is 5.69 Å². The summed E-state index contributed by atoms with van der Waals surface area (Å²) in [4.78, 5) is 24.6. The predicted molar refractivity (Wildman–Crippen MR) is 73.9 cm³/mol. The van der Waals surface area contributed by atoms with E-state index in [-0.39, 0.29) is 25.0 Å². The van der Waals surface area contributed by atoms with E-state index >= 15 is 0 Å². The van der Waals surface area contributed by atoms with Crippen LogP contribution in [0.3, 0.4) is 0 Å². The van der Waals surface area contributed by atoms with Crippen LogP contribution in [-0.2, 0) is 14.3 Å². The van der Waals surface area contributed by atoms with Gasteiger partial charge in [0.2, 0.25) is 5.91 Å².